The Hall–Kier alpha value is -2.34. The molecule has 5 nitrogen and oxygen atoms in total. The summed E-state index contributed by atoms with van der Waals surface area (Å²) >= 11 is 3.60. The summed E-state index contributed by atoms with van der Waals surface area (Å²) in [6, 6.07) is 16.6. The lowest BCUT2D eigenvalue weighted by Crippen LogP contribution is -2.38. The summed E-state index contributed by atoms with van der Waals surface area (Å²) in [6.45, 7) is 3.02. The molecule has 0 aliphatic carbocycles. The number of amides is 1. The minimum atomic E-state index is 0.262. The number of carbonyl (C=O) groups is 1. The van der Waals surface area contributed by atoms with Gasteiger partial charge in [0.05, 0.1) is 0 Å². The van der Waals surface area contributed by atoms with Crippen LogP contribution in [0.3, 0.4) is 0 Å². The molecule has 28 heavy (non-hydrogen) atoms. The van der Waals surface area contributed by atoms with E-state index in [4.69, 9.17) is 0 Å². The summed E-state index contributed by atoms with van der Waals surface area (Å²) in [5.41, 5.74) is 3.57. The van der Waals surface area contributed by atoms with Crippen LogP contribution in [-0.2, 0) is 24.4 Å². The van der Waals surface area contributed by atoms with Crippen LogP contribution < -0.4 is 5.32 Å². The van der Waals surface area contributed by atoms with Crippen molar-refractivity contribution in [2.75, 3.05) is 20.6 Å². The lowest BCUT2D eigenvalue weighted by molar-refractivity contribution is -0.128. The first-order chi connectivity index (χ1) is 13.6. The van der Waals surface area contributed by atoms with E-state index in [2.05, 4.69) is 67.5 Å². The highest BCUT2D eigenvalue weighted by atomic mass is 79.9. The Bertz CT molecular complexity index is 852. The summed E-state index contributed by atoms with van der Waals surface area (Å²) in [4.78, 5) is 20.3. The fourth-order valence-corrected chi connectivity index (χ4v) is 3.86. The molecule has 0 saturated carbocycles. The maximum Gasteiger partial charge on any atom is 0.222 e. The van der Waals surface area contributed by atoms with E-state index < -0.39 is 0 Å². The fraction of sp³-hybridized carbons (Fsp3) is 0.364. The van der Waals surface area contributed by atoms with Gasteiger partial charge < -0.3 is 15.1 Å². The van der Waals surface area contributed by atoms with Crippen molar-refractivity contribution in [3.8, 4) is 0 Å². The molecule has 1 aliphatic heterocycles. The van der Waals surface area contributed by atoms with Gasteiger partial charge in [0.25, 0.3) is 0 Å². The van der Waals surface area contributed by atoms with Crippen LogP contribution in [0.5, 0.6) is 0 Å². The Morgan fingerprint density at radius 3 is 2.71 bits per heavy atom. The van der Waals surface area contributed by atoms with Crippen LogP contribution >= 0.6 is 15.9 Å². The molecule has 2 aromatic rings. The molecule has 1 heterocycles. The zero-order valence-corrected chi connectivity index (χ0v) is 18.1. The normalized spacial score (nSPS) is 14.5. The number of likely N-dealkylation sites (tertiary alicyclic amines) is 1. The molecule has 1 fully saturated rings. The van der Waals surface area contributed by atoms with Crippen molar-refractivity contribution in [3.63, 3.8) is 0 Å². The molecule has 6 heteroatoms. The molecular formula is C22H27BrN4O. The third-order valence-electron chi connectivity index (χ3n) is 4.93. The second kappa shape index (κ2) is 9.73. The van der Waals surface area contributed by atoms with E-state index >= 15 is 0 Å². The van der Waals surface area contributed by atoms with Crippen molar-refractivity contribution in [1.82, 2.24) is 15.1 Å². The molecule has 0 unspecified atom stereocenters. The van der Waals surface area contributed by atoms with E-state index in [9.17, 15) is 4.79 Å². The van der Waals surface area contributed by atoms with Crippen molar-refractivity contribution in [2.45, 2.75) is 32.5 Å². The molecule has 0 atom stereocenters. The van der Waals surface area contributed by atoms with E-state index in [1.165, 1.54) is 16.7 Å². The standard InChI is InChI=1S/C22H27BrN4O/c1-24-22(26(2)16-19-9-3-4-10-20(19)23)25-14-17-7-5-8-18(13-17)15-27-12-6-11-21(27)28/h3-5,7-10,13H,6,11-12,14-16H2,1-2H3,(H,24,25). The van der Waals surface area contributed by atoms with Gasteiger partial charge >= 0.3 is 0 Å². The first-order valence-electron chi connectivity index (χ1n) is 9.57. The molecule has 0 aromatic heterocycles. The Kier molecular flexibility index (Phi) is 7.09. The maximum absolute atomic E-state index is 11.9. The molecule has 1 aliphatic rings. The number of hydrogen-bond donors (Lipinski definition) is 1. The Morgan fingerprint density at radius 1 is 1.21 bits per heavy atom. The predicted octanol–water partition coefficient (Wildman–Crippen LogP) is 3.78. The molecular weight excluding hydrogens is 416 g/mol. The van der Waals surface area contributed by atoms with Crippen LogP contribution in [0.4, 0.5) is 0 Å². The van der Waals surface area contributed by atoms with Gasteiger partial charge in [0, 0.05) is 51.2 Å². The minimum absolute atomic E-state index is 0.262. The molecule has 0 radical (unpaired) electrons. The van der Waals surface area contributed by atoms with Gasteiger partial charge in [-0.1, -0.05) is 58.4 Å². The highest BCUT2D eigenvalue weighted by Crippen LogP contribution is 2.18. The first kappa shape index (κ1) is 20.4. The third-order valence-corrected chi connectivity index (χ3v) is 5.70. The largest absolute Gasteiger partial charge is 0.352 e. The second-order valence-electron chi connectivity index (χ2n) is 7.09. The van der Waals surface area contributed by atoms with E-state index in [1.54, 1.807) is 7.05 Å². The smallest absolute Gasteiger partial charge is 0.222 e. The van der Waals surface area contributed by atoms with Crippen molar-refractivity contribution in [3.05, 3.63) is 69.7 Å². The number of carbonyl (C=O) groups excluding carboxylic acids is 1. The van der Waals surface area contributed by atoms with Gasteiger partial charge in [-0.3, -0.25) is 9.79 Å². The predicted molar refractivity (Wildman–Crippen MR) is 117 cm³/mol. The highest BCUT2D eigenvalue weighted by molar-refractivity contribution is 9.10. The number of aliphatic imine (C=N–C) groups is 1. The van der Waals surface area contributed by atoms with Gasteiger partial charge in [-0.05, 0) is 29.2 Å². The summed E-state index contributed by atoms with van der Waals surface area (Å²) in [7, 11) is 3.83. The van der Waals surface area contributed by atoms with Crippen molar-refractivity contribution >= 4 is 27.8 Å². The fourth-order valence-electron chi connectivity index (χ4n) is 3.45. The summed E-state index contributed by atoms with van der Waals surface area (Å²) < 4.78 is 1.10. The SMILES string of the molecule is CN=C(NCc1cccc(CN2CCCC2=O)c1)N(C)Cc1ccccc1Br. The number of benzene rings is 2. The van der Waals surface area contributed by atoms with Crippen molar-refractivity contribution in [2.24, 2.45) is 4.99 Å². The topological polar surface area (TPSA) is 47.9 Å². The Morgan fingerprint density at radius 2 is 2.00 bits per heavy atom. The van der Waals surface area contributed by atoms with Gasteiger partial charge in [0.15, 0.2) is 5.96 Å². The lowest BCUT2D eigenvalue weighted by Gasteiger charge is -2.23. The monoisotopic (exact) mass is 442 g/mol. The number of hydrogen-bond acceptors (Lipinski definition) is 2. The van der Waals surface area contributed by atoms with Crippen LogP contribution in [0.1, 0.15) is 29.5 Å². The number of halogens is 1. The number of nitrogens with zero attached hydrogens (tertiary/aromatic N) is 3. The van der Waals surface area contributed by atoms with Crippen LogP contribution in [0.25, 0.3) is 0 Å². The molecule has 0 spiro atoms. The van der Waals surface area contributed by atoms with Gasteiger partial charge in [0.2, 0.25) is 5.91 Å². The number of nitrogens with one attached hydrogen (secondary N) is 1. The minimum Gasteiger partial charge on any atom is -0.352 e. The Labute approximate surface area is 175 Å². The average molecular weight is 443 g/mol. The van der Waals surface area contributed by atoms with Gasteiger partial charge in [-0.15, -0.1) is 0 Å². The molecule has 1 amide bonds. The molecule has 0 bridgehead atoms. The summed E-state index contributed by atoms with van der Waals surface area (Å²) in [6.07, 6.45) is 1.65. The molecule has 2 aromatic carbocycles. The van der Waals surface area contributed by atoms with Gasteiger partial charge in [-0.2, -0.15) is 0 Å². The zero-order chi connectivity index (χ0) is 19.9. The number of rotatable bonds is 6. The van der Waals surface area contributed by atoms with Gasteiger partial charge in [-0.25, -0.2) is 0 Å². The second-order valence-corrected chi connectivity index (χ2v) is 7.94. The molecule has 3 rings (SSSR count). The molecule has 1 saturated heterocycles. The molecule has 148 valence electrons. The van der Waals surface area contributed by atoms with E-state index in [0.717, 1.165) is 29.9 Å². The lowest BCUT2D eigenvalue weighted by atomic mass is 10.1. The highest BCUT2D eigenvalue weighted by Gasteiger charge is 2.20. The van der Waals surface area contributed by atoms with E-state index in [0.29, 0.717) is 19.5 Å². The average Bonchev–Trinajstić information content (AvgIpc) is 3.09. The summed E-state index contributed by atoms with van der Waals surface area (Å²) in [5.74, 6) is 1.11. The van der Waals surface area contributed by atoms with E-state index in [1.807, 2.05) is 24.1 Å². The third kappa shape index (κ3) is 5.35. The Balaban J connectivity index is 1.58. The number of guanidine groups is 1. The maximum atomic E-state index is 11.9. The van der Waals surface area contributed by atoms with Crippen LogP contribution in [0, 0.1) is 0 Å². The zero-order valence-electron chi connectivity index (χ0n) is 16.5. The van der Waals surface area contributed by atoms with Crippen molar-refractivity contribution < 1.29 is 4.79 Å². The van der Waals surface area contributed by atoms with Crippen LogP contribution in [0.15, 0.2) is 58.0 Å². The van der Waals surface area contributed by atoms with Gasteiger partial charge in [0.1, 0.15) is 0 Å². The first-order valence-corrected chi connectivity index (χ1v) is 10.4. The van der Waals surface area contributed by atoms with Crippen LogP contribution in [0.2, 0.25) is 0 Å². The summed E-state index contributed by atoms with van der Waals surface area (Å²) in [5, 5.41) is 3.43. The quantitative estimate of drug-likeness (QED) is 0.546. The van der Waals surface area contributed by atoms with Crippen molar-refractivity contribution in [1.29, 1.82) is 0 Å². The van der Waals surface area contributed by atoms with Crippen LogP contribution in [-0.4, -0.2) is 42.3 Å². The molecule has 1 N–H and O–H groups in total. The van der Waals surface area contributed by atoms with E-state index in [-0.39, 0.29) is 5.91 Å².